The Morgan fingerprint density at radius 2 is 2.31 bits per heavy atom. The van der Waals surface area contributed by atoms with Crippen LogP contribution in [0.15, 0.2) is 22.6 Å². The van der Waals surface area contributed by atoms with Crippen molar-refractivity contribution in [3.63, 3.8) is 0 Å². The number of nitrogens with zero attached hydrogens (tertiary/aromatic N) is 2. The summed E-state index contributed by atoms with van der Waals surface area (Å²) in [5, 5.41) is 2.86. The number of thiazole rings is 1. The molecule has 2 aromatic heterocycles. The molecule has 2 aromatic rings. The topological polar surface area (TPSA) is 58.6 Å². The van der Waals surface area contributed by atoms with Gasteiger partial charge in [-0.3, -0.25) is 9.78 Å². The van der Waals surface area contributed by atoms with Crippen molar-refractivity contribution in [1.29, 1.82) is 0 Å². The quantitative estimate of drug-likeness (QED) is 0.740. The zero-order chi connectivity index (χ0) is 9.26. The molecular weight excluding hydrogens is 186 g/mol. The number of aryl methyl sites for hydroxylation is 1. The standard InChI is InChI=1S/C8H7N3OS/c1-5-10-7(4-13-5)6-2-9-3-8(12)11-6/h2-4H,1H3,(H,11,12). The minimum absolute atomic E-state index is 0.205. The van der Waals surface area contributed by atoms with Crippen LogP contribution in [0.5, 0.6) is 0 Å². The van der Waals surface area contributed by atoms with Crippen molar-refractivity contribution < 1.29 is 0 Å². The van der Waals surface area contributed by atoms with Crippen molar-refractivity contribution in [3.8, 4) is 11.4 Å². The lowest BCUT2D eigenvalue weighted by atomic mass is 10.3. The van der Waals surface area contributed by atoms with E-state index in [1.165, 1.54) is 6.20 Å². The molecule has 0 saturated heterocycles. The molecule has 0 aliphatic carbocycles. The second-order valence-corrected chi connectivity index (χ2v) is 3.62. The van der Waals surface area contributed by atoms with E-state index in [0.29, 0.717) is 5.69 Å². The molecule has 0 unspecified atom stereocenters. The lowest BCUT2D eigenvalue weighted by Gasteiger charge is -1.92. The maximum atomic E-state index is 10.9. The average Bonchev–Trinajstić information content (AvgIpc) is 2.52. The van der Waals surface area contributed by atoms with Crippen molar-refractivity contribution in [2.24, 2.45) is 0 Å². The van der Waals surface area contributed by atoms with Crippen LogP contribution >= 0.6 is 11.3 Å². The van der Waals surface area contributed by atoms with Crippen LogP contribution in [-0.4, -0.2) is 15.0 Å². The number of hydrogen-bond donors (Lipinski definition) is 1. The average molecular weight is 193 g/mol. The summed E-state index contributed by atoms with van der Waals surface area (Å²) in [6.07, 6.45) is 2.83. The number of rotatable bonds is 1. The molecule has 5 heteroatoms. The van der Waals surface area contributed by atoms with Crippen molar-refractivity contribution >= 4 is 11.3 Å². The largest absolute Gasteiger partial charge is 0.318 e. The van der Waals surface area contributed by atoms with Crippen LogP contribution in [0.25, 0.3) is 11.4 Å². The van der Waals surface area contributed by atoms with Crippen LogP contribution in [0.1, 0.15) is 5.01 Å². The van der Waals surface area contributed by atoms with E-state index in [4.69, 9.17) is 0 Å². The van der Waals surface area contributed by atoms with Crippen molar-refractivity contribution in [2.75, 3.05) is 0 Å². The monoisotopic (exact) mass is 193 g/mol. The minimum atomic E-state index is -0.205. The molecule has 0 bridgehead atoms. The summed E-state index contributed by atoms with van der Waals surface area (Å²) in [5.74, 6) is 0. The predicted octanol–water partition coefficient (Wildman–Crippen LogP) is 1.20. The number of H-pyrrole nitrogens is 1. The third-order valence-corrected chi connectivity index (χ3v) is 2.32. The van der Waals surface area contributed by atoms with Crippen LogP contribution in [0.3, 0.4) is 0 Å². The third-order valence-electron chi connectivity index (χ3n) is 1.55. The molecule has 0 saturated carbocycles. The van der Waals surface area contributed by atoms with Gasteiger partial charge in [-0.05, 0) is 6.92 Å². The number of hydrogen-bond acceptors (Lipinski definition) is 4. The Morgan fingerprint density at radius 1 is 1.46 bits per heavy atom. The van der Waals surface area contributed by atoms with E-state index in [1.54, 1.807) is 17.5 Å². The highest BCUT2D eigenvalue weighted by Crippen LogP contribution is 2.17. The fraction of sp³-hybridized carbons (Fsp3) is 0.125. The molecule has 13 heavy (non-hydrogen) atoms. The van der Waals surface area contributed by atoms with Crippen LogP contribution in [-0.2, 0) is 0 Å². The highest BCUT2D eigenvalue weighted by Gasteiger charge is 2.01. The minimum Gasteiger partial charge on any atom is -0.318 e. The normalized spacial score (nSPS) is 10.2. The van der Waals surface area contributed by atoms with Gasteiger partial charge in [0.2, 0.25) is 0 Å². The lowest BCUT2D eigenvalue weighted by molar-refractivity contribution is 1.13. The Balaban J connectivity index is 2.52. The van der Waals surface area contributed by atoms with Gasteiger partial charge in [0, 0.05) is 5.38 Å². The molecule has 0 aliphatic rings. The molecule has 0 atom stereocenters. The van der Waals surface area contributed by atoms with Crippen LogP contribution in [0, 0.1) is 6.92 Å². The Kier molecular flexibility index (Phi) is 1.94. The molecule has 0 aromatic carbocycles. The Morgan fingerprint density at radius 3 is 2.92 bits per heavy atom. The first-order valence-corrected chi connectivity index (χ1v) is 4.60. The molecule has 2 heterocycles. The summed E-state index contributed by atoms with van der Waals surface area (Å²) in [5.41, 5.74) is 1.23. The van der Waals surface area contributed by atoms with Crippen molar-refractivity contribution in [1.82, 2.24) is 15.0 Å². The number of aromatic amines is 1. The van der Waals surface area contributed by atoms with Gasteiger partial charge in [-0.2, -0.15) is 0 Å². The van der Waals surface area contributed by atoms with Crippen LogP contribution in [0.4, 0.5) is 0 Å². The molecule has 0 spiro atoms. The van der Waals surface area contributed by atoms with Crippen molar-refractivity contribution in [2.45, 2.75) is 6.92 Å². The second-order valence-electron chi connectivity index (χ2n) is 2.56. The van der Waals surface area contributed by atoms with Gasteiger partial charge in [0.25, 0.3) is 5.56 Å². The summed E-state index contributed by atoms with van der Waals surface area (Å²) in [6.45, 7) is 1.92. The van der Waals surface area contributed by atoms with E-state index in [-0.39, 0.29) is 5.56 Å². The van der Waals surface area contributed by atoms with Gasteiger partial charge in [0.1, 0.15) is 0 Å². The third kappa shape index (κ3) is 1.65. The first-order chi connectivity index (χ1) is 6.25. The predicted molar refractivity (Wildman–Crippen MR) is 50.7 cm³/mol. The van der Waals surface area contributed by atoms with E-state index in [1.807, 2.05) is 12.3 Å². The van der Waals surface area contributed by atoms with E-state index < -0.39 is 0 Å². The summed E-state index contributed by atoms with van der Waals surface area (Å²) in [7, 11) is 0. The molecular formula is C8H7N3OS. The van der Waals surface area contributed by atoms with E-state index in [0.717, 1.165) is 10.7 Å². The Bertz CT molecular complexity index is 474. The van der Waals surface area contributed by atoms with Gasteiger partial charge in [-0.1, -0.05) is 0 Å². The van der Waals surface area contributed by atoms with Crippen LogP contribution < -0.4 is 5.56 Å². The zero-order valence-corrected chi connectivity index (χ0v) is 7.76. The highest BCUT2D eigenvalue weighted by atomic mass is 32.1. The summed E-state index contributed by atoms with van der Waals surface area (Å²) >= 11 is 1.54. The van der Waals surface area contributed by atoms with Gasteiger partial charge < -0.3 is 4.98 Å². The van der Waals surface area contributed by atoms with Gasteiger partial charge in [0.15, 0.2) is 0 Å². The van der Waals surface area contributed by atoms with Gasteiger partial charge in [-0.25, -0.2) is 4.98 Å². The van der Waals surface area contributed by atoms with E-state index in [2.05, 4.69) is 15.0 Å². The van der Waals surface area contributed by atoms with E-state index in [9.17, 15) is 4.79 Å². The highest BCUT2D eigenvalue weighted by molar-refractivity contribution is 7.09. The molecule has 0 amide bonds. The maximum Gasteiger partial charge on any atom is 0.266 e. The fourth-order valence-corrected chi connectivity index (χ4v) is 1.61. The SMILES string of the molecule is Cc1nc(-c2cncc(=O)[nH]2)cs1. The fourth-order valence-electron chi connectivity index (χ4n) is 0.994. The molecule has 2 rings (SSSR count). The molecule has 1 N–H and O–H groups in total. The Hall–Kier alpha value is -1.49. The molecule has 66 valence electrons. The van der Waals surface area contributed by atoms with E-state index >= 15 is 0 Å². The van der Waals surface area contributed by atoms with Gasteiger partial charge in [0.05, 0.1) is 28.8 Å². The summed E-state index contributed by atoms with van der Waals surface area (Å²) in [4.78, 5) is 21.6. The summed E-state index contributed by atoms with van der Waals surface area (Å²) in [6, 6.07) is 0. The zero-order valence-electron chi connectivity index (χ0n) is 6.94. The lowest BCUT2D eigenvalue weighted by Crippen LogP contribution is -2.05. The number of aromatic nitrogens is 3. The van der Waals surface area contributed by atoms with Gasteiger partial charge in [-0.15, -0.1) is 11.3 Å². The smallest absolute Gasteiger partial charge is 0.266 e. The van der Waals surface area contributed by atoms with Crippen LogP contribution in [0.2, 0.25) is 0 Å². The molecule has 0 aliphatic heterocycles. The Labute approximate surface area is 78.3 Å². The first-order valence-electron chi connectivity index (χ1n) is 3.72. The van der Waals surface area contributed by atoms with Gasteiger partial charge >= 0.3 is 0 Å². The second kappa shape index (κ2) is 3.10. The first kappa shape index (κ1) is 8.12. The maximum absolute atomic E-state index is 10.9. The molecule has 0 fully saturated rings. The van der Waals surface area contributed by atoms with Crippen molar-refractivity contribution in [3.05, 3.63) is 33.1 Å². The summed E-state index contributed by atoms with van der Waals surface area (Å²) < 4.78 is 0. The molecule has 0 radical (unpaired) electrons. The number of nitrogens with one attached hydrogen (secondary N) is 1. The molecule has 4 nitrogen and oxygen atoms in total.